The van der Waals surface area contributed by atoms with Gasteiger partial charge in [0.15, 0.2) is 0 Å². The van der Waals surface area contributed by atoms with E-state index in [0.29, 0.717) is 12.8 Å². The lowest BCUT2D eigenvalue weighted by Gasteiger charge is -2.35. The Morgan fingerprint density at radius 3 is 2.24 bits per heavy atom. The van der Waals surface area contributed by atoms with Gasteiger partial charge in [0.05, 0.1) is 6.54 Å². The number of aryl methyl sites for hydroxylation is 3. The van der Waals surface area contributed by atoms with E-state index in [0.717, 1.165) is 54.5 Å². The lowest BCUT2D eigenvalue weighted by molar-refractivity contribution is -0.138. The average molecular weight is 396 g/mol. The van der Waals surface area contributed by atoms with Gasteiger partial charge in [-0.1, -0.05) is 0 Å². The molecule has 2 aromatic rings. The molecule has 7 nitrogen and oxygen atoms in total. The molecule has 1 aliphatic rings. The van der Waals surface area contributed by atoms with Gasteiger partial charge in [-0.05, 0) is 62.2 Å². The lowest BCUT2D eigenvalue weighted by atomic mass is 10.1. The number of aromatic nitrogens is 1. The monoisotopic (exact) mass is 396 g/mol. The number of hydrogen-bond donors (Lipinski definition) is 2. The van der Waals surface area contributed by atoms with Gasteiger partial charge >= 0.3 is 5.97 Å². The number of carboxylic acid groups (broad SMARTS) is 1. The van der Waals surface area contributed by atoms with E-state index in [-0.39, 0.29) is 12.5 Å². The summed E-state index contributed by atoms with van der Waals surface area (Å²) in [5.41, 5.74) is 4.94. The number of piperazine rings is 1. The highest BCUT2D eigenvalue weighted by Gasteiger charge is 2.18. The fourth-order valence-electron chi connectivity index (χ4n) is 3.66. The minimum absolute atomic E-state index is 0.00727. The Balaban J connectivity index is 1.47. The summed E-state index contributed by atoms with van der Waals surface area (Å²) >= 11 is 0. The predicted molar refractivity (Wildman–Crippen MR) is 113 cm³/mol. The van der Waals surface area contributed by atoms with Gasteiger partial charge in [-0.3, -0.25) is 19.5 Å². The quantitative estimate of drug-likeness (QED) is 0.748. The summed E-state index contributed by atoms with van der Waals surface area (Å²) in [6.45, 7) is 7.08. The van der Waals surface area contributed by atoms with Crippen LogP contribution >= 0.6 is 0 Å². The standard InChI is InChI=1S/C22H28N4O3/c1-16-13-18(14-17(2)23-16)3-8-21(27)24-19-4-6-20(7-5-19)26-11-9-25(10-12-26)15-22(28)29/h4-7,13-14H,3,8-12,15H2,1-2H3,(H,24,27)(H,28,29). The van der Waals surface area contributed by atoms with Crippen molar-refractivity contribution in [2.45, 2.75) is 26.7 Å². The number of hydrogen-bond acceptors (Lipinski definition) is 5. The maximum absolute atomic E-state index is 12.3. The van der Waals surface area contributed by atoms with E-state index in [1.165, 1.54) is 0 Å². The molecule has 2 N–H and O–H groups in total. The first-order valence-corrected chi connectivity index (χ1v) is 9.92. The van der Waals surface area contributed by atoms with Crippen LogP contribution in [0.2, 0.25) is 0 Å². The van der Waals surface area contributed by atoms with Crippen molar-refractivity contribution < 1.29 is 14.7 Å². The number of amides is 1. The largest absolute Gasteiger partial charge is 0.480 e. The van der Waals surface area contributed by atoms with Gasteiger partial charge in [0, 0.05) is 55.4 Å². The number of aliphatic carboxylic acids is 1. The van der Waals surface area contributed by atoms with Crippen molar-refractivity contribution in [2.24, 2.45) is 0 Å². The molecule has 3 rings (SSSR count). The number of carboxylic acids is 1. The molecule has 1 amide bonds. The summed E-state index contributed by atoms with van der Waals surface area (Å²) in [5.74, 6) is -0.792. The van der Waals surface area contributed by atoms with Gasteiger partial charge in [0.1, 0.15) is 0 Å². The first kappa shape index (κ1) is 20.8. The predicted octanol–water partition coefficient (Wildman–Crippen LogP) is 2.48. The van der Waals surface area contributed by atoms with E-state index in [1.54, 1.807) is 0 Å². The second-order valence-corrected chi connectivity index (χ2v) is 7.51. The Hall–Kier alpha value is -2.93. The summed E-state index contributed by atoms with van der Waals surface area (Å²) in [6.07, 6.45) is 1.12. The van der Waals surface area contributed by atoms with Gasteiger partial charge in [0.25, 0.3) is 0 Å². The van der Waals surface area contributed by atoms with Crippen LogP contribution in [0.5, 0.6) is 0 Å². The van der Waals surface area contributed by atoms with Crippen molar-refractivity contribution in [3.05, 3.63) is 53.3 Å². The average Bonchev–Trinajstić information content (AvgIpc) is 2.66. The molecular formula is C22H28N4O3. The van der Waals surface area contributed by atoms with Gasteiger partial charge in [-0.15, -0.1) is 0 Å². The minimum Gasteiger partial charge on any atom is -0.480 e. The van der Waals surface area contributed by atoms with Gasteiger partial charge in [0.2, 0.25) is 5.91 Å². The van der Waals surface area contributed by atoms with Crippen molar-refractivity contribution in [2.75, 3.05) is 42.9 Å². The highest BCUT2D eigenvalue weighted by atomic mass is 16.4. The van der Waals surface area contributed by atoms with E-state index in [4.69, 9.17) is 5.11 Å². The van der Waals surface area contributed by atoms with Gasteiger partial charge in [-0.2, -0.15) is 0 Å². The third-order valence-electron chi connectivity index (χ3n) is 5.03. The number of nitrogens with zero attached hydrogens (tertiary/aromatic N) is 3. The maximum Gasteiger partial charge on any atom is 0.317 e. The molecule has 29 heavy (non-hydrogen) atoms. The summed E-state index contributed by atoms with van der Waals surface area (Å²) < 4.78 is 0. The van der Waals surface area contributed by atoms with Crippen LogP contribution < -0.4 is 10.2 Å². The van der Waals surface area contributed by atoms with E-state index in [2.05, 4.69) is 15.2 Å². The normalized spacial score (nSPS) is 14.6. The number of carbonyl (C=O) groups excluding carboxylic acids is 1. The summed E-state index contributed by atoms with van der Waals surface area (Å²) in [6, 6.07) is 11.9. The Bertz CT molecular complexity index is 839. The van der Waals surface area contributed by atoms with E-state index >= 15 is 0 Å². The Labute approximate surface area is 171 Å². The molecule has 1 aromatic heterocycles. The van der Waals surface area contributed by atoms with Crippen LogP contribution in [0.1, 0.15) is 23.4 Å². The highest BCUT2D eigenvalue weighted by molar-refractivity contribution is 5.91. The maximum atomic E-state index is 12.3. The number of nitrogens with one attached hydrogen (secondary N) is 1. The first-order chi connectivity index (χ1) is 13.9. The fraction of sp³-hybridized carbons (Fsp3) is 0.409. The molecule has 1 saturated heterocycles. The number of anilines is 2. The zero-order chi connectivity index (χ0) is 20.8. The lowest BCUT2D eigenvalue weighted by Crippen LogP contribution is -2.47. The third kappa shape index (κ3) is 6.29. The number of pyridine rings is 1. The van der Waals surface area contributed by atoms with Gasteiger partial charge < -0.3 is 15.3 Å². The van der Waals surface area contributed by atoms with Crippen LogP contribution in [0.25, 0.3) is 0 Å². The summed E-state index contributed by atoms with van der Waals surface area (Å²) in [5, 5.41) is 11.8. The third-order valence-corrected chi connectivity index (χ3v) is 5.03. The Morgan fingerprint density at radius 1 is 1.03 bits per heavy atom. The van der Waals surface area contributed by atoms with Crippen LogP contribution in [0.15, 0.2) is 36.4 Å². The highest BCUT2D eigenvalue weighted by Crippen LogP contribution is 2.20. The molecule has 0 aliphatic carbocycles. The van der Waals surface area contributed by atoms with E-state index in [1.807, 2.05) is 55.1 Å². The Morgan fingerprint density at radius 2 is 1.66 bits per heavy atom. The molecule has 7 heteroatoms. The topological polar surface area (TPSA) is 85.8 Å². The van der Waals surface area contributed by atoms with Crippen LogP contribution in [-0.4, -0.2) is 59.6 Å². The van der Waals surface area contributed by atoms with E-state index < -0.39 is 5.97 Å². The minimum atomic E-state index is -0.784. The van der Waals surface area contributed by atoms with Crippen LogP contribution in [0.4, 0.5) is 11.4 Å². The molecule has 0 radical (unpaired) electrons. The number of benzene rings is 1. The number of carbonyl (C=O) groups is 2. The SMILES string of the molecule is Cc1cc(CCC(=O)Nc2ccc(N3CCN(CC(=O)O)CC3)cc2)cc(C)n1. The molecule has 2 heterocycles. The fourth-order valence-corrected chi connectivity index (χ4v) is 3.66. The molecule has 1 fully saturated rings. The summed E-state index contributed by atoms with van der Waals surface area (Å²) in [7, 11) is 0. The van der Waals surface area contributed by atoms with Gasteiger partial charge in [-0.25, -0.2) is 0 Å². The van der Waals surface area contributed by atoms with Crippen molar-refractivity contribution in [1.29, 1.82) is 0 Å². The molecule has 0 atom stereocenters. The smallest absolute Gasteiger partial charge is 0.317 e. The van der Waals surface area contributed by atoms with Crippen LogP contribution in [-0.2, 0) is 16.0 Å². The molecule has 0 spiro atoms. The van der Waals surface area contributed by atoms with Crippen molar-refractivity contribution in [3.63, 3.8) is 0 Å². The molecule has 0 unspecified atom stereocenters. The van der Waals surface area contributed by atoms with Crippen molar-refractivity contribution in [3.8, 4) is 0 Å². The van der Waals surface area contributed by atoms with Crippen molar-refractivity contribution >= 4 is 23.3 Å². The molecular weight excluding hydrogens is 368 g/mol. The molecule has 0 bridgehead atoms. The Kier molecular flexibility index (Phi) is 6.82. The molecule has 1 aromatic carbocycles. The van der Waals surface area contributed by atoms with Crippen LogP contribution in [0.3, 0.4) is 0 Å². The second-order valence-electron chi connectivity index (χ2n) is 7.51. The van der Waals surface area contributed by atoms with Crippen LogP contribution in [0, 0.1) is 13.8 Å². The zero-order valence-corrected chi connectivity index (χ0v) is 17.0. The molecule has 0 saturated carbocycles. The first-order valence-electron chi connectivity index (χ1n) is 9.92. The van der Waals surface area contributed by atoms with Crippen molar-refractivity contribution in [1.82, 2.24) is 9.88 Å². The molecule has 1 aliphatic heterocycles. The second kappa shape index (κ2) is 9.52. The number of rotatable bonds is 7. The molecule has 154 valence electrons. The van der Waals surface area contributed by atoms with E-state index in [9.17, 15) is 9.59 Å². The summed E-state index contributed by atoms with van der Waals surface area (Å²) in [4.78, 5) is 31.6. The zero-order valence-electron chi connectivity index (χ0n) is 17.0.